The van der Waals surface area contributed by atoms with E-state index in [1.54, 1.807) is 0 Å². The van der Waals surface area contributed by atoms with Crippen LogP contribution in [-0.2, 0) is 0 Å². The zero-order valence-electron chi connectivity index (χ0n) is 10.1. The van der Waals surface area contributed by atoms with Crippen molar-refractivity contribution in [1.29, 1.82) is 0 Å². The van der Waals surface area contributed by atoms with Gasteiger partial charge in [0.2, 0.25) is 0 Å². The van der Waals surface area contributed by atoms with Crippen LogP contribution in [0.3, 0.4) is 0 Å². The molecule has 0 heterocycles. The molecule has 1 aliphatic rings. The Morgan fingerprint density at radius 3 is 2.81 bits per heavy atom. The maximum absolute atomic E-state index is 3.63. The zero-order chi connectivity index (χ0) is 11.5. The van der Waals surface area contributed by atoms with Crippen LogP contribution in [-0.4, -0.2) is 6.54 Å². The Bertz CT molecular complexity index is 358. The maximum atomic E-state index is 3.63. The fourth-order valence-electron chi connectivity index (χ4n) is 2.19. The second kappa shape index (κ2) is 5.50. The van der Waals surface area contributed by atoms with Crippen molar-refractivity contribution in [3.05, 3.63) is 32.9 Å². The van der Waals surface area contributed by atoms with Gasteiger partial charge in [-0.25, -0.2) is 0 Å². The van der Waals surface area contributed by atoms with Gasteiger partial charge < -0.3 is 5.32 Å². The minimum atomic E-state index is 0.560. The van der Waals surface area contributed by atoms with Crippen molar-refractivity contribution in [1.82, 2.24) is 5.32 Å². The van der Waals surface area contributed by atoms with E-state index in [4.69, 9.17) is 0 Å². The van der Waals surface area contributed by atoms with Crippen molar-refractivity contribution < 1.29 is 0 Å². The molecule has 2 heteroatoms. The molecule has 1 aromatic rings. The topological polar surface area (TPSA) is 12.0 Å². The van der Waals surface area contributed by atoms with Crippen molar-refractivity contribution in [3.8, 4) is 0 Å². The van der Waals surface area contributed by atoms with E-state index in [2.05, 4.69) is 60.0 Å². The molecule has 16 heavy (non-hydrogen) atoms. The summed E-state index contributed by atoms with van der Waals surface area (Å²) < 4.78 is 1.44. The van der Waals surface area contributed by atoms with Crippen LogP contribution >= 0.6 is 22.6 Å². The van der Waals surface area contributed by atoms with Crippen molar-refractivity contribution in [2.24, 2.45) is 5.92 Å². The molecule has 1 N–H and O–H groups in total. The molecular weight excluding hydrogens is 309 g/mol. The van der Waals surface area contributed by atoms with Crippen LogP contribution in [0.5, 0.6) is 0 Å². The Balaban J connectivity index is 2.18. The number of benzene rings is 1. The van der Waals surface area contributed by atoms with Crippen LogP contribution in [0.1, 0.15) is 43.4 Å². The molecule has 1 atom stereocenters. The minimum absolute atomic E-state index is 0.560. The summed E-state index contributed by atoms with van der Waals surface area (Å²) in [5.74, 6) is 0.973. The van der Waals surface area contributed by atoms with Gasteiger partial charge in [0.1, 0.15) is 0 Å². The lowest BCUT2D eigenvalue weighted by Gasteiger charge is -2.20. The van der Waals surface area contributed by atoms with E-state index in [0.29, 0.717) is 6.04 Å². The van der Waals surface area contributed by atoms with Crippen molar-refractivity contribution in [2.45, 2.75) is 39.2 Å². The predicted molar refractivity (Wildman–Crippen MR) is 77.7 cm³/mol. The van der Waals surface area contributed by atoms with E-state index >= 15 is 0 Å². The van der Waals surface area contributed by atoms with Crippen LogP contribution in [0.4, 0.5) is 0 Å². The highest BCUT2D eigenvalue weighted by molar-refractivity contribution is 14.1. The van der Waals surface area contributed by atoms with Gasteiger partial charge in [0, 0.05) is 9.61 Å². The number of hydrogen-bond donors (Lipinski definition) is 1. The SMILES string of the molecule is CCNC(CC1CC1)c1cccc(C)c1I. The summed E-state index contributed by atoms with van der Waals surface area (Å²) in [6.07, 6.45) is 4.18. The third-order valence-electron chi connectivity index (χ3n) is 3.31. The van der Waals surface area contributed by atoms with Gasteiger partial charge in [0.05, 0.1) is 0 Å². The number of halogens is 1. The molecule has 1 unspecified atom stereocenters. The Kier molecular flexibility index (Phi) is 4.25. The first-order valence-corrected chi connectivity index (χ1v) is 7.28. The van der Waals surface area contributed by atoms with Crippen LogP contribution in [0.2, 0.25) is 0 Å². The summed E-state index contributed by atoms with van der Waals surface area (Å²) in [5.41, 5.74) is 2.89. The summed E-state index contributed by atoms with van der Waals surface area (Å²) in [4.78, 5) is 0. The highest BCUT2D eigenvalue weighted by atomic mass is 127. The standard InChI is InChI=1S/C14H20IN/c1-3-16-13(9-11-7-8-11)12-6-4-5-10(2)14(12)15/h4-6,11,13,16H,3,7-9H2,1-2H3. The first-order chi connectivity index (χ1) is 7.72. The summed E-state index contributed by atoms with van der Waals surface area (Å²) in [6, 6.07) is 7.23. The Labute approximate surface area is 112 Å². The average Bonchev–Trinajstić information content (AvgIpc) is 3.06. The van der Waals surface area contributed by atoms with Crippen LogP contribution in [0.15, 0.2) is 18.2 Å². The molecular formula is C14H20IN. The average molecular weight is 329 g/mol. The predicted octanol–water partition coefficient (Wildman–Crippen LogP) is 4.05. The molecule has 0 bridgehead atoms. The molecule has 88 valence electrons. The van der Waals surface area contributed by atoms with Crippen molar-refractivity contribution >= 4 is 22.6 Å². The van der Waals surface area contributed by atoms with E-state index < -0.39 is 0 Å². The van der Waals surface area contributed by atoms with Gasteiger partial charge in [-0.15, -0.1) is 0 Å². The molecule has 1 saturated carbocycles. The lowest BCUT2D eigenvalue weighted by Crippen LogP contribution is -2.22. The fourth-order valence-corrected chi connectivity index (χ4v) is 2.93. The first kappa shape index (κ1) is 12.4. The number of rotatable bonds is 5. The maximum Gasteiger partial charge on any atom is 0.0333 e. The number of aryl methyl sites for hydroxylation is 1. The van der Waals surface area contributed by atoms with E-state index in [1.807, 2.05) is 0 Å². The van der Waals surface area contributed by atoms with E-state index in [9.17, 15) is 0 Å². The van der Waals surface area contributed by atoms with Crippen molar-refractivity contribution in [3.63, 3.8) is 0 Å². The molecule has 1 aliphatic carbocycles. The molecule has 0 aliphatic heterocycles. The first-order valence-electron chi connectivity index (χ1n) is 6.20. The van der Waals surface area contributed by atoms with E-state index in [-0.39, 0.29) is 0 Å². The Hall–Kier alpha value is -0.0900. The molecule has 0 radical (unpaired) electrons. The highest BCUT2D eigenvalue weighted by Gasteiger charge is 2.26. The normalized spacial score (nSPS) is 17.4. The smallest absolute Gasteiger partial charge is 0.0333 e. The van der Waals surface area contributed by atoms with Crippen LogP contribution in [0, 0.1) is 16.4 Å². The number of nitrogens with one attached hydrogen (secondary N) is 1. The quantitative estimate of drug-likeness (QED) is 0.804. The lowest BCUT2D eigenvalue weighted by molar-refractivity contribution is 0.485. The molecule has 0 spiro atoms. The van der Waals surface area contributed by atoms with E-state index in [1.165, 1.54) is 34.0 Å². The van der Waals surface area contributed by atoms with Gasteiger partial charge in [-0.1, -0.05) is 38.0 Å². The van der Waals surface area contributed by atoms with Crippen LogP contribution < -0.4 is 5.32 Å². The second-order valence-corrected chi connectivity index (χ2v) is 5.85. The second-order valence-electron chi connectivity index (χ2n) is 4.77. The van der Waals surface area contributed by atoms with Gasteiger partial charge in [0.15, 0.2) is 0 Å². The molecule has 1 nitrogen and oxygen atoms in total. The highest BCUT2D eigenvalue weighted by Crippen LogP contribution is 2.38. The molecule has 1 aromatic carbocycles. The fraction of sp³-hybridized carbons (Fsp3) is 0.571. The zero-order valence-corrected chi connectivity index (χ0v) is 12.3. The third kappa shape index (κ3) is 2.98. The van der Waals surface area contributed by atoms with E-state index in [0.717, 1.165) is 12.5 Å². The molecule has 1 fully saturated rings. The summed E-state index contributed by atoms with van der Waals surface area (Å²) in [6.45, 7) is 5.45. The van der Waals surface area contributed by atoms with Gasteiger partial charge in [-0.2, -0.15) is 0 Å². The van der Waals surface area contributed by atoms with Crippen LogP contribution in [0.25, 0.3) is 0 Å². The van der Waals surface area contributed by atoms with Crippen molar-refractivity contribution in [2.75, 3.05) is 6.54 Å². The third-order valence-corrected chi connectivity index (χ3v) is 4.79. The summed E-state index contributed by atoms with van der Waals surface area (Å²) >= 11 is 2.49. The van der Waals surface area contributed by atoms with Gasteiger partial charge in [0.25, 0.3) is 0 Å². The van der Waals surface area contributed by atoms with Gasteiger partial charge >= 0.3 is 0 Å². The number of hydrogen-bond acceptors (Lipinski definition) is 1. The molecule has 0 amide bonds. The summed E-state index contributed by atoms with van der Waals surface area (Å²) in [7, 11) is 0. The molecule has 0 aromatic heterocycles. The minimum Gasteiger partial charge on any atom is -0.310 e. The largest absolute Gasteiger partial charge is 0.310 e. The van der Waals surface area contributed by atoms with Gasteiger partial charge in [-0.3, -0.25) is 0 Å². The molecule has 0 saturated heterocycles. The monoisotopic (exact) mass is 329 g/mol. The summed E-state index contributed by atoms with van der Waals surface area (Å²) in [5, 5.41) is 3.63. The molecule has 2 rings (SSSR count). The lowest BCUT2D eigenvalue weighted by atomic mass is 9.99. The Morgan fingerprint density at radius 1 is 1.44 bits per heavy atom. The Morgan fingerprint density at radius 2 is 2.19 bits per heavy atom. The van der Waals surface area contributed by atoms with Gasteiger partial charge in [-0.05, 0) is 59.5 Å².